The van der Waals surface area contributed by atoms with Crippen LogP contribution in [0.2, 0.25) is 0 Å². The zero-order valence-electron chi connectivity index (χ0n) is 9.15. The van der Waals surface area contributed by atoms with E-state index in [1.165, 1.54) is 38.0 Å². The van der Waals surface area contributed by atoms with Gasteiger partial charge in [0.25, 0.3) is 0 Å². The van der Waals surface area contributed by atoms with Crippen LogP contribution in [0.25, 0.3) is 0 Å². The first-order valence-corrected chi connectivity index (χ1v) is 5.79. The molecule has 1 atom stereocenters. The Morgan fingerprint density at radius 3 is 3.27 bits per heavy atom. The lowest BCUT2D eigenvalue weighted by molar-refractivity contribution is 0.161. The summed E-state index contributed by atoms with van der Waals surface area (Å²) in [5.74, 6) is 0.798. The van der Waals surface area contributed by atoms with E-state index in [0.29, 0.717) is 0 Å². The second kappa shape index (κ2) is 5.28. The molecule has 0 spiro atoms. The largest absolute Gasteiger partial charge is 0.330 e. The first kappa shape index (κ1) is 10.6. The quantitative estimate of drug-likeness (QED) is 0.775. The Morgan fingerprint density at radius 1 is 1.60 bits per heavy atom. The van der Waals surface area contributed by atoms with Crippen LogP contribution in [0, 0.1) is 5.92 Å². The lowest BCUT2D eigenvalue weighted by Gasteiger charge is -2.32. The van der Waals surface area contributed by atoms with E-state index in [4.69, 9.17) is 5.73 Å². The van der Waals surface area contributed by atoms with Gasteiger partial charge >= 0.3 is 0 Å². The molecule has 0 bridgehead atoms. The molecule has 1 aromatic rings. The fourth-order valence-electron chi connectivity index (χ4n) is 2.38. The number of nitrogens with one attached hydrogen (secondary N) is 1. The molecule has 2 heterocycles. The number of likely N-dealkylation sites (tertiary alicyclic amines) is 1. The second-order valence-electron chi connectivity index (χ2n) is 4.40. The van der Waals surface area contributed by atoms with Gasteiger partial charge in [0.2, 0.25) is 0 Å². The minimum Gasteiger partial charge on any atom is -0.330 e. The number of hydrogen-bond donors (Lipinski definition) is 2. The topological polar surface area (TPSA) is 57.9 Å². The maximum atomic E-state index is 5.61. The molecule has 1 saturated heterocycles. The smallest absolute Gasteiger partial charge is 0.0492 e. The Morgan fingerprint density at radius 2 is 2.53 bits per heavy atom. The van der Waals surface area contributed by atoms with Crippen LogP contribution in [-0.2, 0) is 6.54 Å². The number of H-pyrrole nitrogens is 1. The summed E-state index contributed by atoms with van der Waals surface area (Å²) < 4.78 is 0. The van der Waals surface area contributed by atoms with Gasteiger partial charge in [0, 0.05) is 25.0 Å². The average Bonchev–Trinajstić information content (AvgIpc) is 2.71. The molecule has 1 aliphatic heterocycles. The lowest BCUT2D eigenvalue weighted by atomic mass is 9.95. The lowest BCUT2D eigenvalue weighted by Crippen LogP contribution is -2.35. The number of aromatic nitrogens is 2. The summed E-state index contributed by atoms with van der Waals surface area (Å²) in [7, 11) is 0. The predicted octanol–water partition coefficient (Wildman–Crippen LogP) is 0.970. The minimum atomic E-state index is 0.798. The van der Waals surface area contributed by atoms with Crippen LogP contribution < -0.4 is 5.73 Å². The van der Waals surface area contributed by atoms with Crippen LogP contribution in [0.15, 0.2) is 12.3 Å². The summed E-state index contributed by atoms with van der Waals surface area (Å²) in [4.78, 5) is 2.50. The highest BCUT2D eigenvalue weighted by molar-refractivity contribution is 4.97. The molecular formula is C11H20N4. The van der Waals surface area contributed by atoms with Crippen molar-refractivity contribution in [3.05, 3.63) is 18.0 Å². The standard InChI is InChI=1S/C11H20N4/c12-5-3-10-2-1-7-15(8-10)9-11-4-6-13-14-11/h4,6,10H,1-3,5,7-9,12H2,(H,13,14). The molecule has 2 rings (SSSR count). The maximum absolute atomic E-state index is 5.61. The van der Waals surface area contributed by atoms with E-state index >= 15 is 0 Å². The summed E-state index contributed by atoms with van der Waals surface area (Å²) >= 11 is 0. The summed E-state index contributed by atoms with van der Waals surface area (Å²) in [6, 6.07) is 2.05. The molecule has 0 radical (unpaired) electrons. The Kier molecular flexibility index (Phi) is 3.75. The normalized spacial score (nSPS) is 23.1. The molecule has 0 saturated carbocycles. The van der Waals surface area contributed by atoms with Gasteiger partial charge < -0.3 is 5.73 Å². The van der Waals surface area contributed by atoms with Gasteiger partial charge in [-0.25, -0.2) is 0 Å². The fourth-order valence-corrected chi connectivity index (χ4v) is 2.38. The molecule has 4 heteroatoms. The Labute approximate surface area is 90.8 Å². The summed E-state index contributed by atoms with van der Waals surface area (Å²) in [5, 5.41) is 6.99. The molecule has 1 unspecified atom stereocenters. The van der Waals surface area contributed by atoms with Gasteiger partial charge in [0.15, 0.2) is 0 Å². The number of hydrogen-bond acceptors (Lipinski definition) is 3. The van der Waals surface area contributed by atoms with Gasteiger partial charge in [-0.15, -0.1) is 0 Å². The van der Waals surface area contributed by atoms with Crippen LogP contribution in [0.1, 0.15) is 25.0 Å². The van der Waals surface area contributed by atoms with Crippen molar-refractivity contribution < 1.29 is 0 Å². The molecule has 84 valence electrons. The van der Waals surface area contributed by atoms with Crippen LogP contribution in [0.4, 0.5) is 0 Å². The molecule has 0 amide bonds. The van der Waals surface area contributed by atoms with E-state index in [-0.39, 0.29) is 0 Å². The van der Waals surface area contributed by atoms with Crippen molar-refractivity contribution in [2.24, 2.45) is 11.7 Å². The maximum Gasteiger partial charge on any atom is 0.0492 e. The molecule has 4 nitrogen and oxygen atoms in total. The van der Waals surface area contributed by atoms with Crippen molar-refractivity contribution >= 4 is 0 Å². The molecule has 0 aliphatic carbocycles. The predicted molar refractivity (Wildman–Crippen MR) is 60.3 cm³/mol. The summed E-state index contributed by atoms with van der Waals surface area (Å²) in [6.07, 6.45) is 5.63. The summed E-state index contributed by atoms with van der Waals surface area (Å²) in [5.41, 5.74) is 6.82. The first-order chi connectivity index (χ1) is 7.38. The highest BCUT2D eigenvalue weighted by Crippen LogP contribution is 2.20. The van der Waals surface area contributed by atoms with E-state index in [9.17, 15) is 0 Å². The van der Waals surface area contributed by atoms with E-state index in [1.807, 2.05) is 12.3 Å². The fraction of sp³-hybridized carbons (Fsp3) is 0.727. The highest BCUT2D eigenvalue weighted by Gasteiger charge is 2.19. The Balaban J connectivity index is 1.82. The van der Waals surface area contributed by atoms with Gasteiger partial charge in [-0.05, 0) is 44.3 Å². The minimum absolute atomic E-state index is 0.798. The van der Waals surface area contributed by atoms with Crippen molar-refractivity contribution in [3.63, 3.8) is 0 Å². The van der Waals surface area contributed by atoms with Crippen LogP contribution in [0.5, 0.6) is 0 Å². The monoisotopic (exact) mass is 208 g/mol. The van der Waals surface area contributed by atoms with Gasteiger partial charge in [-0.1, -0.05) is 0 Å². The van der Waals surface area contributed by atoms with Crippen molar-refractivity contribution in [1.29, 1.82) is 0 Å². The first-order valence-electron chi connectivity index (χ1n) is 5.79. The number of aromatic amines is 1. The summed E-state index contributed by atoms with van der Waals surface area (Å²) in [6.45, 7) is 4.22. The second-order valence-corrected chi connectivity index (χ2v) is 4.40. The third-order valence-corrected chi connectivity index (χ3v) is 3.13. The SMILES string of the molecule is NCCC1CCCN(Cc2ccn[nH]2)C1. The third kappa shape index (κ3) is 3.04. The molecule has 15 heavy (non-hydrogen) atoms. The van der Waals surface area contributed by atoms with Crippen molar-refractivity contribution in [2.75, 3.05) is 19.6 Å². The van der Waals surface area contributed by atoms with Gasteiger partial charge in [-0.2, -0.15) is 5.10 Å². The average molecular weight is 208 g/mol. The van der Waals surface area contributed by atoms with E-state index < -0.39 is 0 Å². The Hall–Kier alpha value is -0.870. The van der Waals surface area contributed by atoms with Crippen molar-refractivity contribution in [2.45, 2.75) is 25.8 Å². The van der Waals surface area contributed by atoms with E-state index in [1.54, 1.807) is 0 Å². The molecule has 1 aliphatic rings. The van der Waals surface area contributed by atoms with Gasteiger partial charge in [0.1, 0.15) is 0 Å². The highest BCUT2D eigenvalue weighted by atomic mass is 15.2. The molecular weight excluding hydrogens is 188 g/mol. The van der Waals surface area contributed by atoms with Crippen LogP contribution >= 0.6 is 0 Å². The number of nitrogens with two attached hydrogens (primary N) is 1. The van der Waals surface area contributed by atoms with E-state index in [0.717, 1.165) is 19.0 Å². The van der Waals surface area contributed by atoms with Crippen LogP contribution in [-0.4, -0.2) is 34.7 Å². The molecule has 0 aromatic carbocycles. The zero-order chi connectivity index (χ0) is 10.5. The van der Waals surface area contributed by atoms with E-state index in [2.05, 4.69) is 15.1 Å². The van der Waals surface area contributed by atoms with Crippen LogP contribution in [0.3, 0.4) is 0 Å². The number of rotatable bonds is 4. The third-order valence-electron chi connectivity index (χ3n) is 3.13. The number of nitrogens with zero attached hydrogens (tertiary/aromatic N) is 2. The van der Waals surface area contributed by atoms with Gasteiger partial charge in [0.05, 0.1) is 0 Å². The number of piperidine rings is 1. The molecule has 1 aromatic heterocycles. The Bertz CT molecular complexity index is 268. The van der Waals surface area contributed by atoms with Crippen molar-refractivity contribution in [1.82, 2.24) is 15.1 Å². The van der Waals surface area contributed by atoms with Crippen molar-refractivity contribution in [3.8, 4) is 0 Å². The zero-order valence-corrected chi connectivity index (χ0v) is 9.15. The molecule has 1 fully saturated rings. The van der Waals surface area contributed by atoms with Gasteiger partial charge in [-0.3, -0.25) is 10.00 Å². The molecule has 3 N–H and O–H groups in total.